The van der Waals surface area contributed by atoms with Crippen LogP contribution in [0.3, 0.4) is 0 Å². The Morgan fingerprint density at radius 1 is 0.914 bits per heavy atom. The van der Waals surface area contributed by atoms with E-state index in [-0.39, 0.29) is 17.8 Å². The molecule has 0 amide bonds. The van der Waals surface area contributed by atoms with Crippen LogP contribution in [0.2, 0.25) is 5.04 Å². The van der Waals surface area contributed by atoms with E-state index in [1.54, 1.807) is 13.0 Å². The van der Waals surface area contributed by atoms with Crippen LogP contribution in [0.1, 0.15) is 39.4 Å². The summed E-state index contributed by atoms with van der Waals surface area (Å²) in [6, 6.07) is 30.0. The van der Waals surface area contributed by atoms with Crippen LogP contribution in [0.15, 0.2) is 104 Å². The lowest BCUT2D eigenvalue weighted by molar-refractivity contribution is 0.0672. The highest BCUT2D eigenvalue weighted by molar-refractivity contribution is 7.59. The first-order valence-corrected chi connectivity index (χ1v) is 15.8. The fraction of sp³-hybridized carbons (Fsp3) is 0.310. The van der Waals surface area contributed by atoms with Gasteiger partial charge in [-0.15, -0.1) is 6.58 Å². The molecule has 0 aliphatic rings. The summed E-state index contributed by atoms with van der Waals surface area (Å²) in [6.45, 7) is 12.3. The summed E-state index contributed by atoms with van der Waals surface area (Å²) in [7, 11) is -6.56. The third kappa shape index (κ3) is 5.77. The molecule has 0 saturated heterocycles. The van der Waals surface area contributed by atoms with Crippen LogP contribution < -0.4 is 10.4 Å². The van der Waals surface area contributed by atoms with Crippen LogP contribution in [-0.2, 0) is 13.5 Å². The number of hydrogen-bond acceptors (Lipinski definition) is 4. The summed E-state index contributed by atoms with van der Waals surface area (Å²) in [5, 5.41) is 13.6. The average Bonchev–Trinajstić information content (AvgIpc) is 2.85. The van der Waals surface area contributed by atoms with E-state index < -0.39 is 27.6 Å². The van der Waals surface area contributed by atoms with E-state index in [0.717, 1.165) is 15.9 Å². The first-order chi connectivity index (χ1) is 16.7. The van der Waals surface area contributed by atoms with Gasteiger partial charge in [0, 0.05) is 6.16 Å². The minimum Gasteiger partial charge on any atom is -0.397 e. The third-order valence-electron chi connectivity index (χ3n) is 6.25. The molecule has 0 aliphatic carbocycles. The standard InChI is InChI=1S/C29H37O4PSi/c1-6-23-34(31,32-7-2)28(30)27(24-17-11-8-12-18-24)33-35(29(3,4)5,25-19-13-9-14-20-25)26-21-15-10-16-22-26/h6,8-22,27-28,30H,1,7,23H2,2-5H3/t27-,28+,34?/m0/s1. The molecule has 3 atom stereocenters. The molecule has 3 aromatic rings. The normalized spacial score (nSPS) is 15.7. The van der Waals surface area contributed by atoms with E-state index >= 15 is 0 Å². The predicted octanol–water partition coefficient (Wildman–Crippen LogP) is 6.12. The van der Waals surface area contributed by atoms with Crippen LogP contribution in [0.5, 0.6) is 0 Å². The molecule has 186 valence electrons. The van der Waals surface area contributed by atoms with E-state index in [2.05, 4.69) is 51.6 Å². The van der Waals surface area contributed by atoms with Crippen molar-refractivity contribution in [3.63, 3.8) is 0 Å². The van der Waals surface area contributed by atoms with Crippen molar-refractivity contribution < 1.29 is 18.6 Å². The first-order valence-electron chi connectivity index (χ1n) is 12.1. The van der Waals surface area contributed by atoms with Gasteiger partial charge in [0.2, 0.25) is 7.37 Å². The highest BCUT2D eigenvalue weighted by Gasteiger charge is 2.54. The van der Waals surface area contributed by atoms with Gasteiger partial charge in [-0.1, -0.05) is 118 Å². The summed E-state index contributed by atoms with van der Waals surface area (Å²) < 4.78 is 26.9. The van der Waals surface area contributed by atoms with Crippen molar-refractivity contribution in [1.29, 1.82) is 0 Å². The molecule has 3 rings (SSSR count). The number of benzene rings is 3. The maximum Gasteiger partial charge on any atom is 0.262 e. The molecule has 4 nitrogen and oxygen atoms in total. The van der Waals surface area contributed by atoms with Crippen molar-refractivity contribution in [3.8, 4) is 0 Å². The number of hydrogen-bond donors (Lipinski definition) is 1. The first kappa shape index (κ1) is 27.3. The molecule has 3 aromatic carbocycles. The zero-order valence-corrected chi connectivity index (χ0v) is 23.0. The van der Waals surface area contributed by atoms with E-state index in [0.29, 0.717) is 0 Å². The van der Waals surface area contributed by atoms with Crippen LogP contribution in [0, 0.1) is 0 Å². The molecule has 0 aromatic heterocycles. The highest BCUT2D eigenvalue weighted by atomic mass is 31.2. The van der Waals surface area contributed by atoms with E-state index in [4.69, 9.17) is 8.95 Å². The molecule has 0 aliphatic heterocycles. The molecular weight excluding hydrogens is 471 g/mol. The molecule has 0 saturated carbocycles. The average molecular weight is 509 g/mol. The maximum absolute atomic E-state index is 13.9. The molecule has 0 heterocycles. The molecule has 0 radical (unpaired) electrons. The minimum atomic E-state index is -3.52. The third-order valence-corrected chi connectivity index (χ3v) is 13.8. The van der Waals surface area contributed by atoms with Crippen molar-refractivity contribution in [3.05, 3.63) is 109 Å². The molecule has 35 heavy (non-hydrogen) atoms. The Balaban J connectivity index is 2.29. The fourth-order valence-corrected chi connectivity index (χ4v) is 11.4. The Morgan fingerprint density at radius 2 is 1.37 bits per heavy atom. The number of rotatable bonds is 11. The SMILES string of the molecule is C=CCP(=O)(OCC)[C@@H](O)[C@@H](O[Si](c1ccccc1)(c1ccccc1)C(C)(C)C)c1ccccc1. The van der Waals surface area contributed by atoms with Crippen molar-refractivity contribution in [1.82, 2.24) is 0 Å². The monoisotopic (exact) mass is 508 g/mol. The maximum atomic E-state index is 13.9. The van der Waals surface area contributed by atoms with Gasteiger partial charge in [0.05, 0.1) is 6.61 Å². The Hall–Kier alpha value is -2.27. The van der Waals surface area contributed by atoms with E-state index in [9.17, 15) is 9.67 Å². The van der Waals surface area contributed by atoms with E-state index in [1.807, 2.05) is 66.7 Å². The van der Waals surface area contributed by atoms with Gasteiger partial charge in [-0.3, -0.25) is 4.57 Å². The zero-order valence-electron chi connectivity index (χ0n) is 21.1. The lowest BCUT2D eigenvalue weighted by atomic mass is 10.1. The second-order valence-corrected chi connectivity index (χ2v) is 16.5. The topological polar surface area (TPSA) is 55.8 Å². The highest BCUT2D eigenvalue weighted by Crippen LogP contribution is 2.56. The molecule has 0 spiro atoms. The number of allylic oxidation sites excluding steroid dienone is 1. The van der Waals surface area contributed by atoms with Crippen LogP contribution in [0.4, 0.5) is 0 Å². The lowest BCUT2D eigenvalue weighted by Gasteiger charge is -2.46. The summed E-state index contributed by atoms with van der Waals surface area (Å²) >= 11 is 0. The smallest absolute Gasteiger partial charge is 0.262 e. The fourth-order valence-electron chi connectivity index (χ4n) is 4.67. The Bertz CT molecular complexity index is 1070. The van der Waals surface area contributed by atoms with Gasteiger partial charge < -0.3 is 14.1 Å². The molecule has 6 heteroatoms. The molecule has 0 fully saturated rings. The number of aliphatic hydroxyl groups is 1. The van der Waals surface area contributed by atoms with Crippen molar-refractivity contribution >= 4 is 26.1 Å². The van der Waals surface area contributed by atoms with Gasteiger partial charge in [-0.05, 0) is 27.9 Å². The van der Waals surface area contributed by atoms with Gasteiger partial charge in [0.25, 0.3) is 8.32 Å². The van der Waals surface area contributed by atoms with E-state index in [1.165, 1.54) is 0 Å². The van der Waals surface area contributed by atoms with Crippen molar-refractivity contribution in [2.75, 3.05) is 12.8 Å². The summed E-state index contributed by atoms with van der Waals surface area (Å²) in [4.78, 5) is 0. The predicted molar refractivity (Wildman–Crippen MR) is 148 cm³/mol. The summed E-state index contributed by atoms with van der Waals surface area (Å²) in [5.74, 6) is -1.36. The van der Waals surface area contributed by atoms with Gasteiger partial charge >= 0.3 is 0 Å². The molecule has 0 bridgehead atoms. The molecule has 1 unspecified atom stereocenters. The minimum absolute atomic E-state index is 0.0649. The van der Waals surface area contributed by atoms with Gasteiger partial charge in [-0.2, -0.15) is 0 Å². The second kappa shape index (κ2) is 11.6. The quantitative estimate of drug-likeness (QED) is 0.193. The van der Waals surface area contributed by atoms with Gasteiger partial charge in [-0.25, -0.2) is 0 Å². The zero-order chi connectivity index (χ0) is 25.5. The van der Waals surface area contributed by atoms with Gasteiger partial charge in [0.1, 0.15) is 6.10 Å². The van der Waals surface area contributed by atoms with Crippen molar-refractivity contribution in [2.24, 2.45) is 0 Å². The Labute approximate surface area is 211 Å². The number of aliphatic hydroxyl groups excluding tert-OH is 1. The largest absolute Gasteiger partial charge is 0.397 e. The second-order valence-electron chi connectivity index (χ2n) is 9.64. The van der Waals surface area contributed by atoms with Crippen molar-refractivity contribution in [2.45, 2.75) is 44.7 Å². The Morgan fingerprint density at radius 3 is 1.77 bits per heavy atom. The summed E-state index contributed by atoms with van der Waals surface area (Å²) in [5.41, 5.74) is 0.761. The van der Waals surface area contributed by atoms with Crippen LogP contribution in [0.25, 0.3) is 0 Å². The van der Waals surface area contributed by atoms with Crippen LogP contribution in [-0.4, -0.2) is 32.0 Å². The lowest BCUT2D eigenvalue weighted by Crippen LogP contribution is -2.67. The van der Waals surface area contributed by atoms with Gasteiger partial charge in [0.15, 0.2) is 5.85 Å². The summed E-state index contributed by atoms with van der Waals surface area (Å²) in [6.07, 6.45) is 0.750. The molecule has 1 N–H and O–H groups in total. The van der Waals surface area contributed by atoms with Crippen LogP contribution >= 0.6 is 7.37 Å². The Kier molecular flexibility index (Phi) is 9.09. The molecular formula is C29H37O4PSi.